The van der Waals surface area contributed by atoms with Crippen LogP contribution >= 0.6 is 0 Å². The molecule has 0 aliphatic carbocycles. The van der Waals surface area contributed by atoms with Crippen molar-refractivity contribution in [1.82, 2.24) is 0 Å². The Hall–Kier alpha value is -1.03. The predicted molar refractivity (Wildman–Crippen MR) is 60.7 cm³/mol. The molecular weight excluding hydrogens is 229 g/mol. The normalized spacial score (nSPS) is 12.8. The van der Waals surface area contributed by atoms with Crippen LogP contribution in [0.4, 0.5) is 13.2 Å². The third-order valence-corrected chi connectivity index (χ3v) is 2.54. The minimum atomic E-state index is -4.27. The van der Waals surface area contributed by atoms with Gasteiger partial charge in [-0.05, 0) is 50.8 Å². The Kier molecular flexibility index (Phi) is 4.20. The molecule has 1 N–H and O–H groups in total. The maximum absolute atomic E-state index is 12.3. The van der Waals surface area contributed by atoms with Crippen LogP contribution in [0.25, 0.3) is 0 Å². The molecule has 0 unspecified atom stereocenters. The number of aliphatic hydroxyl groups is 1. The van der Waals surface area contributed by atoms with Gasteiger partial charge in [-0.3, -0.25) is 0 Å². The van der Waals surface area contributed by atoms with Crippen molar-refractivity contribution < 1.29 is 18.3 Å². The van der Waals surface area contributed by atoms with Gasteiger partial charge in [0.25, 0.3) is 0 Å². The Balaban J connectivity index is 2.52. The van der Waals surface area contributed by atoms with Crippen molar-refractivity contribution in [2.75, 3.05) is 0 Å². The number of halogens is 3. The van der Waals surface area contributed by atoms with Crippen LogP contribution in [0.1, 0.15) is 37.8 Å². The van der Waals surface area contributed by atoms with E-state index in [0.717, 1.165) is 24.1 Å². The Labute approximate surface area is 99.3 Å². The van der Waals surface area contributed by atoms with Crippen molar-refractivity contribution in [1.29, 1.82) is 0 Å². The highest BCUT2D eigenvalue weighted by molar-refractivity contribution is 5.24. The summed E-state index contributed by atoms with van der Waals surface area (Å²) in [4.78, 5) is 0. The molecule has 0 atom stereocenters. The number of aryl methyl sites for hydroxylation is 1. The SMILES string of the molecule is CC(C)(O)CCCc1ccc(C(F)(F)F)cc1. The van der Waals surface area contributed by atoms with Crippen molar-refractivity contribution in [2.24, 2.45) is 0 Å². The van der Waals surface area contributed by atoms with E-state index in [1.54, 1.807) is 13.8 Å². The second kappa shape index (κ2) is 5.08. The van der Waals surface area contributed by atoms with Gasteiger partial charge >= 0.3 is 6.18 Å². The average molecular weight is 246 g/mol. The van der Waals surface area contributed by atoms with Crippen LogP contribution in [-0.4, -0.2) is 10.7 Å². The molecule has 0 spiro atoms. The largest absolute Gasteiger partial charge is 0.416 e. The summed E-state index contributed by atoms with van der Waals surface area (Å²) in [7, 11) is 0. The molecule has 0 aliphatic rings. The van der Waals surface area contributed by atoms with Crippen LogP contribution in [0, 0.1) is 0 Å². The minimum absolute atomic E-state index is 0.622. The Bertz CT molecular complexity index is 346. The van der Waals surface area contributed by atoms with Crippen molar-refractivity contribution in [3.63, 3.8) is 0 Å². The average Bonchev–Trinajstić information content (AvgIpc) is 2.15. The van der Waals surface area contributed by atoms with Gasteiger partial charge in [0, 0.05) is 0 Å². The molecule has 0 heterocycles. The number of hydrogen-bond acceptors (Lipinski definition) is 1. The molecule has 0 fully saturated rings. The number of hydrogen-bond donors (Lipinski definition) is 1. The fraction of sp³-hybridized carbons (Fsp3) is 0.538. The molecule has 4 heteroatoms. The Morgan fingerprint density at radius 1 is 1.06 bits per heavy atom. The van der Waals surface area contributed by atoms with E-state index in [4.69, 9.17) is 0 Å². The minimum Gasteiger partial charge on any atom is -0.390 e. The van der Waals surface area contributed by atoms with Gasteiger partial charge in [0.15, 0.2) is 0 Å². The van der Waals surface area contributed by atoms with Crippen molar-refractivity contribution >= 4 is 0 Å². The van der Waals surface area contributed by atoms with Gasteiger partial charge in [0.05, 0.1) is 11.2 Å². The molecule has 0 aliphatic heterocycles. The summed E-state index contributed by atoms with van der Waals surface area (Å²) in [5.41, 5.74) is -0.475. The lowest BCUT2D eigenvalue weighted by molar-refractivity contribution is -0.137. The summed E-state index contributed by atoms with van der Waals surface area (Å²) in [6, 6.07) is 5.18. The van der Waals surface area contributed by atoms with E-state index in [2.05, 4.69) is 0 Å². The van der Waals surface area contributed by atoms with Crippen molar-refractivity contribution in [3.8, 4) is 0 Å². The molecule has 0 saturated carbocycles. The molecule has 0 aromatic heterocycles. The fourth-order valence-corrected chi connectivity index (χ4v) is 1.59. The summed E-state index contributed by atoms with van der Waals surface area (Å²) in [6.07, 6.45) is -2.20. The van der Waals surface area contributed by atoms with E-state index in [-0.39, 0.29) is 0 Å². The molecule has 1 rings (SSSR count). The molecule has 0 bridgehead atoms. The summed E-state index contributed by atoms with van der Waals surface area (Å²) >= 11 is 0. The molecular formula is C13H17F3O. The van der Waals surface area contributed by atoms with Crippen molar-refractivity contribution in [3.05, 3.63) is 35.4 Å². The molecule has 0 radical (unpaired) electrons. The maximum Gasteiger partial charge on any atom is 0.416 e. The van der Waals surface area contributed by atoms with Crippen LogP contribution < -0.4 is 0 Å². The van der Waals surface area contributed by atoms with Crippen LogP contribution in [0.15, 0.2) is 24.3 Å². The van der Waals surface area contributed by atoms with E-state index < -0.39 is 17.3 Å². The summed E-state index contributed by atoms with van der Waals surface area (Å²) in [5, 5.41) is 9.50. The van der Waals surface area contributed by atoms with Gasteiger partial charge in [-0.1, -0.05) is 12.1 Å². The topological polar surface area (TPSA) is 20.2 Å². The third kappa shape index (κ3) is 5.22. The van der Waals surface area contributed by atoms with Crippen LogP contribution in [-0.2, 0) is 12.6 Å². The zero-order valence-corrected chi connectivity index (χ0v) is 10.0. The second-order valence-electron chi connectivity index (χ2n) is 4.86. The molecule has 17 heavy (non-hydrogen) atoms. The highest BCUT2D eigenvalue weighted by Gasteiger charge is 2.29. The van der Waals surface area contributed by atoms with Gasteiger partial charge in [0.2, 0.25) is 0 Å². The van der Waals surface area contributed by atoms with Gasteiger partial charge in [-0.2, -0.15) is 13.2 Å². The lowest BCUT2D eigenvalue weighted by atomic mass is 9.98. The summed E-state index contributed by atoms with van der Waals surface area (Å²) in [6.45, 7) is 3.44. The van der Waals surface area contributed by atoms with Gasteiger partial charge in [-0.15, -0.1) is 0 Å². The van der Waals surface area contributed by atoms with E-state index in [9.17, 15) is 18.3 Å². The summed E-state index contributed by atoms with van der Waals surface area (Å²) < 4.78 is 36.9. The first-order valence-electron chi connectivity index (χ1n) is 5.57. The number of rotatable bonds is 4. The monoisotopic (exact) mass is 246 g/mol. The number of benzene rings is 1. The van der Waals surface area contributed by atoms with E-state index >= 15 is 0 Å². The first-order chi connectivity index (χ1) is 7.68. The highest BCUT2D eigenvalue weighted by atomic mass is 19.4. The Morgan fingerprint density at radius 3 is 2.00 bits per heavy atom. The van der Waals surface area contributed by atoms with Crippen LogP contribution in [0.2, 0.25) is 0 Å². The quantitative estimate of drug-likeness (QED) is 0.856. The smallest absolute Gasteiger partial charge is 0.390 e. The molecule has 1 aromatic rings. The third-order valence-electron chi connectivity index (χ3n) is 2.54. The Morgan fingerprint density at radius 2 is 1.59 bits per heavy atom. The maximum atomic E-state index is 12.3. The zero-order chi connectivity index (χ0) is 13.1. The van der Waals surface area contributed by atoms with E-state index in [0.29, 0.717) is 12.8 Å². The molecule has 0 saturated heterocycles. The molecule has 1 nitrogen and oxygen atoms in total. The summed E-state index contributed by atoms with van der Waals surface area (Å²) in [5.74, 6) is 0. The first-order valence-corrected chi connectivity index (χ1v) is 5.57. The molecule has 0 amide bonds. The van der Waals surface area contributed by atoms with Crippen molar-refractivity contribution in [2.45, 2.75) is 44.9 Å². The van der Waals surface area contributed by atoms with E-state index in [1.807, 2.05) is 0 Å². The standard InChI is InChI=1S/C13H17F3O/c1-12(2,17)9-3-4-10-5-7-11(8-6-10)13(14,15)16/h5-8,17H,3-4,9H2,1-2H3. The van der Waals surface area contributed by atoms with Gasteiger partial charge < -0.3 is 5.11 Å². The highest BCUT2D eigenvalue weighted by Crippen LogP contribution is 2.29. The van der Waals surface area contributed by atoms with Gasteiger partial charge in [-0.25, -0.2) is 0 Å². The first kappa shape index (κ1) is 14.0. The molecule has 1 aromatic carbocycles. The fourth-order valence-electron chi connectivity index (χ4n) is 1.59. The predicted octanol–water partition coefficient (Wildman–Crippen LogP) is 3.80. The molecule has 96 valence electrons. The zero-order valence-electron chi connectivity index (χ0n) is 10.0. The lowest BCUT2D eigenvalue weighted by Crippen LogP contribution is -2.18. The van der Waals surface area contributed by atoms with Crippen LogP contribution in [0.3, 0.4) is 0 Å². The van der Waals surface area contributed by atoms with E-state index in [1.165, 1.54) is 12.1 Å². The van der Waals surface area contributed by atoms with Crippen LogP contribution in [0.5, 0.6) is 0 Å². The lowest BCUT2D eigenvalue weighted by Gasteiger charge is -2.16. The second-order valence-corrected chi connectivity index (χ2v) is 4.86. The van der Waals surface area contributed by atoms with Gasteiger partial charge in [0.1, 0.15) is 0 Å². The number of alkyl halides is 3.